The largest absolute Gasteiger partial charge is 0.478 e. The fourth-order valence-electron chi connectivity index (χ4n) is 2.11. The van der Waals surface area contributed by atoms with Crippen molar-refractivity contribution in [2.45, 2.75) is 6.54 Å². The maximum Gasteiger partial charge on any atom is 0.335 e. The average Bonchev–Trinajstić information content (AvgIpc) is 2.84. The Morgan fingerprint density at radius 2 is 2.00 bits per heavy atom. The topological polar surface area (TPSA) is 104 Å². The molecule has 0 aliphatic rings. The van der Waals surface area contributed by atoms with Gasteiger partial charge in [-0.2, -0.15) is 0 Å². The van der Waals surface area contributed by atoms with Gasteiger partial charge in [-0.25, -0.2) is 9.78 Å². The fraction of sp³-hybridized carbons (Fsp3) is 0.0667. The molecule has 21 heavy (non-hydrogen) atoms. The van der Waals surface area contributed by atoms with Crippen LogP contribution in [0.2, 0.25) is 0 Å². The third-order valence-electron chi connectivity index (χ3n) is 3.20. The first-order valence-electron chi connectivity index (χ1n) is 6.43. The van der Waals surface area contributed by atoms with Gasteiger partial charge in [0.1, 0.15) is 0 Å². The molecule has 3 rings (SSSR count). The lowest BCUT2D eigenvalue weighted by Gasteiger charge is -2.06. The van der Waals surface area contributed by atoms with E-state index < -0.39 is 5.97 Å². The van der Waals surface area contributed by atoms with Crippen molar-refractivity contribution in [1.82, 2.24) is 9.97 Å². The van der Waals surface area contributed by atoms with Gasteiger partial charge < -0.3 is 21.1 Å². The van der Waals surface area contributed by atoms with Crippen molar-refractivity contribution in [2.75, 3.05) is 11.1 Å². The summed E-state index contributed by atoms with van der Waals surface area (Å²) in [5.41, 5.74) is 9.53. The van der Waals surface area contributed by atoms with Gasteiger partial charge in [0.05, 0.1) is 16.6 Å². The monoisotopic (exact) mass is 282 g/mol. The minimum absolute atomic E-state index is 0.285. The number of carboxylic acid groups (broad SMARTS) is 1. The number of hydrogen-bond acceptors (Lipinski definition) is 4. The van der Waals surface area contributed by atoms with Crippen LogP contribution in [-0.4, -0.2) is 21.0 Å². The molecule has 0 saturated heterocycles. The summed E-state index contributed by atoms with van der Waals surface area (Å²) in [6.07, 6.45) is 0. The van der Waals surface area contributed by atoms with Crippen LogP contribution in [0, 0.1) is 0 Å². The number of carboxylic acids is 1. The van der Waals surface area contributed by atoms with Crippen LogP contribution in [0.25, 0.3) is 11.0 Å². The van der Waals surface area contributed by atoms with E-state index in [1.54, 1.807) is 24.3 Å². The number of H-pyrrole nitrogens is 1. The van der Waals surface area contributed by atoms with Crippen LogP contribution in [0.3, 0.4) is 0 Å². The predicted octanol–water partition coefficient (Wildman–Crippen LogP) is 2.46. The lowest BCUT2D eigenvalue weighted by Crippen LogP contribution is -2.01. The highest BCUT2D eigenvalue weighted by Gasteiger charge is 2.03. The van der Waals surface area contributed by atoms with Gasteiger partial charge in [0.2, 0.25) is 0 Å². The number of anilines is 2. The van der Waals surface area contributed by atoms with Gasteiger partial charge in [-0.3, -0.25) is 0 Å². The predicted molar refractivity (Wildman–Crippen MR) is 81.2 cm³/mol. The molecule has 5 N–H and O–H groups in total. The van der Waals surface area contributed by atoms with E-state index in [0.29, 0.717) is 12.5 Å². The summed E-state index contributed by atoms with van der Waals surface area (Å²) in [6.45, 7) is 0.606. The average molecular weight is 282 g/mol. The number of aromatic nitrogens is 2. The maximum absolute atomic E-state index is 10.8. The minimum Gasteiger partial charge on any atom is -0.478 e. The van der Waals surface area contributed by atoms with Crippen LogP contribution >= 0.6 is 0 Å². The Morgan fingerprint density at radius 3 is 2.71 bits per heavy atom. The Morgan fingerprint density at radius 1 is 1.24 bits per heavy atom. The Labute approximate surface area is 120 Å². The van der Waals surface area contributed by atoms with Crippen molar-refractivity contribution in [3.05, 3.63) is 53.6 Å². The second-order valence-corrected chi connectivity index (χ2v) is 4.71. The third kappa shape index (κ3) is 2.79. The van der Waals surface area contributed by atoms with Gasteiger partial charge in [0.15, 0.2) is 5.95 Å². The zero-order chi connectivity index (χ0) is 14.8. The smallest absolute Gasteiger partial charge is 0.335 e. The normalized spacial score (nSPS) is 10.7. The highest BCUT2D eigenvalue weighted by atomic mass is 16.4. The molecule has 1 aromatic heterocycles. The van der Waals surface area contributed by atoms with Gasteiger partial charge in [0.25, 0.3) is 0 Å². The number of nitrogens with one attached hydrogen (secondary N) is 2. The molecule has 0 aliphatic heterocycles. The standard InChI is InChI=1S/C15H14N4O2/c16-15-18-12-6-5-11(7-13(12)19-15)17-8-9-1-3-10(4-2-9)14(20)21/h1-7,17H,8H2,(H,20,21)(H3,16,18,19). The molecule has 2 aromatic carbocycles. The van der Waals surface area contributed by atoms with E-state index in [1.807, 2.05) is 18.2 Å². The maximum atomic E-state index is 10.8. The van der Waals surface area contributed by atoms with Crippen molar-refractivity contribution in [3.8, 4) is 0 Å². The number of nitrogen functional groups attached to an aromatic ring is 1. The molecule has 106 valence electrons. The number of imidazole rings is 1. The molecule has 0 fully saturated rings. The number of benzene rings is 2. The second-order valence-electron chi connectivity index (χ2n) is 4.71. The molecule has 0 aliphatic carbocycles. The number of nitrogens with two attached hydrogens (primary N) is 1. The Bertz CT molecular complexity index is 793. The summed E-state index contributed by atoms with van der Waals surface area (Å²) >= 11 is 0. The van der Waals surface area contributed by atoms with E-state index in [-0.39, 0.29) is 5.56 Å². The van der Waals surface area contributed by atoms with E-state index in [1.165, 1.54) is 0 Å². The fourth-order valence-corrected chi connectivity index (χ4v) is 2.11. The first-order chi connectivity index (χ1) is 10.1. The first-order valence-corrected chi connectivity index (χ1v) is 6.43. The summed E-state index contributed by atoms with van der Waals surface area (Å²) in [7, 11) is 0. The second kappa shape index (κ2) is 5.16. The Hall–Kier alpha value is -3.02. The van der Waals surface area contributed by atoms with E-state index in [2.05, 4.69) is 15.3 Å². The highest BCUT2D eigenvalue weighted by molar-refractivity contribution is 5.87. The first kappa shape index (κ1) is 13.0. The highest BCUT2D eigenvalue weighted by Crippen LogP contribution is 2.18. The van der Waals surface area contributed by atoms with Gasteiger partial charge in [-0.15, -0.1) is 0 Å². The van der Waals surface area contributed by atoms with Crippen LogP contribution < -0.4 is 11.1 Å². The molecule has 0 bridgehead atoms. The van der Waals surface area contributed by atoms with Gasteiger partial charge in [0, 0.05) is 12.2 Å². The van der Waals surface area contributed by atoms with Crippen LogP contribution in [0.1, 0.15) is 15.9 Å². The van der Waals surface area contributed by atoms with Crippen molar-refractivity contribution < 1.29 is 9.90 Å². The summed E-state index contributed by atoms with van der Waals surface area (Å²) in [5.74, 6) is -0.525. The van der Waals surface area contributed by atoms with E-state index in [0.717, 1.165) is 22.3 Å². The zero-order valence-corrected chi connectivity index (χ0v) is 11.1. The molecular formula is C15H14N4O2. The molecule has 0 saturated carbocycles. The molecule has 3 aromatic rings. The number of fused-ring (bicyclic) bond motifs is 1. The molecule has 0 amide bonds. The number of aromatic amines is 1. The molecule has 1 heterocycles. The lowest BCUT2D eigenvalue weighted by molar-refractivity contribution is 0.0697. The van der Waals surface area contributed by atoms with Crippen molar-refractivity contribution in [1.29, 1.82) is 0 Å². The summed E-state index contributed by atoms with van der Waals surface area (Å²) in [5, 5.41) is 12.1. The molecule has 0 spiro atoms. The van der Waals surface area contributed by atoms with E-state index >= 15 is 0 Å². The van der Waals surface area contributed by atoms with Crippen LogP contribution in [0.4, 0.5) is 11.6 Å². The Balaban J connectivity index is 1.71. The van der Waals surface area contributed by atoms with E-state index in [4.69, 9.17) is 10.8 Å². The number of aromatic carboxylic acids is 1. The molecule has 0 radical (unpaired) electrons. The summed E-state index contributed by atoms with van der Waals surface area (Å²) in [6, 6.07) is 12.5. The van der Waals surface area contributed by atoms with Gasteiger partial charge in [-0.1, -0.05) is 12.1 Å². The van der Waals surface area contributed by atoms with Gasteiger partial charge >= 0.3 is 5.97 Å². The zero-order valence-electron chi connectivity index (χ0n) is 11.1. The van der Waals surface area contributed by atoms with Crippen molar-refractivity contribution >= 4 is 28.6 Å². The molecule has 0 atom stereocenters. The number of rotatable bonds is 4. The van der Waals surface area contributed by atoms with Crippen LogP contribution in [0.5, 0.6) is 0 Å². The molecule has 0 unspecified atom stereocenters. The molecular weight excluding hydrogens is 268 g/mol. The summed E-state index contributed by atoms with van der Waals surface area (Å²) < 4.78 is 0. The SMILES string of the molecule is Nc1nc2ccc(NCc3ccc(C(=O)O)cc3)cc2[nH]1. The van der Waals surface area contributed by atoms with E-state index in [9.17, 15) is 4.79 Å². The summed E-state index contributed by atoms with van der Waals surface area (Å²) in [4.78, 5) is 17.9. The number of hydrogen-bond donors (Lipinski definition) is 4. The van der Waals surface area contributed by atoms with Crippen LogP contribution in [-0.2, 0) is 6.54 Å². The van der Waals surface area contributed by atoms with Crippen LogP contribution in [0.15, 0.2) is 42.5 Å². The Kier molecular flexibility index (Phi) is 3.19. The molecule has 6 heteroatoms. The quantitative estimate of drug-likeness (QED) is 0.588. The minimum atomic E-state index is -0.920. The van der Waals surface area contributed by atoms with Crippen molar-refractivity contribution in [3.63, 3.8) is 0 Å². The third-order valence-corrected chi connectivity index (χ3v) is 3.20. The number of carbonyl (C=O) groups is 1. The number of nitrogens with zero attached hydrogens (tertiary/aromatic N) is 1. The van der Waals surface area contributed by atoms with Gasteiger partial charge in [-0.05, 0) is 35.9 Å². The van der Waals surface area contributed by atoms with Crippen molar-refractivity contribution in [2.24, 2.45) is 0 Å². The lowest BCUT2D eigenvalue weighted by atomic mass is 10.1. The molecule has 6 nitrogen and oxygen atoms in total.